The van der Waals surface area contributed by atoms with E-state index >= 15 is 0 Å². The van der Waals surface area contributed by atoms with Crippen LogP contribution in [0.1, 0.15) is 63.9 Å². The average molecular weight is 523 g/mol. The molecule has 3 aromatic rings. The van der Waals surface area contributed by atoms with E-state index in [4.69, 9.17) is 0 Å². The van der Waals surface area contributed by atoms with Gasteiger partial charge in [0.2, 0.25) is 17.5 Å². The summed E-state index contributed by atoms with van der Waals surface area (Å²) in [6.07, 6.45) is 12.5. The first-order valence-corrected chi connectivity index (χ1v) is 12.5. The molecule has 9 heteroatoms. The molecule has 0 bridgehead atoms. The minimum absolute atomic E-state index is 0.198. The Labute approximate surface area is 214 Å². The van der Waals surface area contributed by atoms with E-state index in [1.54, 1.807) is 0 Å². The fourth-order valence-corrected chi connectivity index (χ4v) is 3.98. The van der Waals surface area contributed by atoms with Crippen LogP contribution in [0.15, 0.2) is 36.5 Å². The third-order valence-corrected chi connectivity index (χ3v) is 5.95. The highest BCUT2D eigenvalue weighted by molar-refractivity contribution is 5.84. The number of hydrogen-bond acceptors (Lipinski definition) is 3. The highest BCUT2D eigenvalue weighted by Crippen LogP contribution is 2.24. The fraction of sp³-hybridized carbons (Fsp3) is 0.429. The van der Waals surface area contributed by atoms with E-state index in [1.807, 2.05) is 0 Å². The molecule has 5 nitrogen and oxygen atoms in total. The van der Waals surface area contributed by atoms with Crippen LogP contribution >= 0.6 is 0 Å². The summed E-state index contributed by atoms with van der Waals surface area (Å²) in [6, 6.07) is 8.67. The molecule has 0 aliphatic rings. The fourth-order valence-electron chi connectivity index (χ4n) is 3.98. The van der Waals surface area contributed by atoms with Crippen LogP contribution in [0.25, 0.3) is 10.9 Å². The van der Waals surface area contributed by atoms with Crippen LogP contribution in [-0.4, -0.2) is 23.5 Å². The molecule has 1 amide bonds. The molecule has 0 unspecified atom stereocenters. The number of nitrogens with one attached hydrogen (secondary N) is 1. The molecule has 1 heterocycles. The van der Waals surface area contributed by atoms with E-state index in [9.17, 15) is 27.2 Å². The summed E-state index contributed by atoms with van der Waals surface area (Å²) in [7, 11) is 2.07. The first-order chi connectivity index (χ1) is 17.8. The maximum Gasteiger partial charge on any atom is 0.298 e. The van der Waals surface area contributed by atoms with Crippen molar-refractivity contribution < 1.29 is 31.9 Å². The Morgan fingerprint density at radius 2 is 1.65 bits per heavy atom. The summed E-state index contributed by atoms with van der Waals surface area (Å²) in [4.78, 5) is 21.6. The smallest absolute Gasteiger partial charge is 0.298 e. The summed E-state index contributed by atoms with van der Waals surface area (Å²) in [6.45, 7) is 2.74. The molecule has 0 spiro atoms. The number of fused-ring (bicyclic) bond motifs is 1. The number of amides is 1. The lowest BCUT2D eigenvalue weighted by molar-refractivity contribution is -0.121. The van der Waals surface area contributed by atoms with Crippen molar-refractivity contribution in [1.82, 2.24) is 9.88 Å². The van der Waals surface area contributed by atoms with Crippen LogP contribution in [0.3, 0.4) is 0 Å². The van der Waals surface area contributed by atoms with E-state index in [1.165, 1.54) is 55.0 Å². The maximum atomic E-state index is 12.6. The van der Waals surface area contributed by atoms with Crippen molar-refractivity contribution in [2.24, 2.45) is 7.05 Å². The van der Waals surface area contributed by atoms with Gasteiger partial charge in [-0.3, -0.25) is 9.59 Å². The second-order valence-electron chi connectivity index (χ2n) is 8.77. The van der Waals surface area contributed by atoms with Gasteiger partial charge in [-0.25, -0.2) is 13.2 Å². The molecule has 0 fully saturated rings. The number of aromatic nitrogens is 1. The minimum Gasteiger partial charge on any atom is -0.425 e. The Bertz CT molecular complexity index is 1160. The Morgan fingerprint density at radius 3 is 2.35 bits per heavy atom. The predicted molar refractivity (Wildman–Crippen MR) is 135 cm³/mol. The van der Waals surface area contributed by atoms with Gasteiger partial charge in [0, 0.05) is 43.2 Å². The number of ether oxygens (including phenoxy) is 1. The monoisotopic (exact) mass is 522 g/mol. The van der Waals surface area contributed by atoms with Gasteiger partial charge in [-0.15, -0.1) is 0 Å². The van der Waals surface area contributed by atoms with Crippen LogP contribution in [0.2, 0.25) is 0 Å². The van der Waals surface area contributed by atoms with Gasteiger partial charge in [0.1, 0.15) is 0 Å². The topological polar surface area (TPSA) is 60.3 Å². The van der Waals surface area contributed by atoms with Gasteiger partial charge in [0.05, 0.1) is 0 Å². The minimum atomic E-state index is -2.02. The van der Waals surface area contributed by atoms with Gasteiger partial charge in [0.25, 0.3) is 6.47 Å². The van der Waals surface area contributed by atoms with Gasteiger partial charge in [0.15, 0.2) is 17.4 Å². The van der Waals surface area contributed by atoms with Gasteiger partial charge < -0.3 is 14.6 Å². The highest BCUT2D eigenvalue weighted by atomic mass is 19.2. The SMILES string of the molecule is CCCCCCCCCC(=O)NCCc1cn(C)c2ccccc12.O=COc1cc(F)c(F)c(F)c1F. The van der Waals surface area contributed by atoms with Crippen molar-refractivity contribution in [2.45, 2.75) is 64.7 Å². The third kappa shape index (κ3) is 9.22. The number of carbonyl (C=O) groups is 2. The van der Waals surface area contributed by atoms with Crippen LogP contribution < -0.4 is 10.1 Å². The molecule has 3 rings (SSSR count). The number of carbonyl (C=O) groups excluding carboxylic acids is 2. The Morgan fingerprint density at radius 1 is 0.973 bits per heavy atom. The molecule has 37 heavy (non-hydrogen) atoms. The number of rotatable bonds is 13. The van der Waals surface area contributed by atoms with Gasteiger partial charge >= 0.3 is 0 Å². The molecule has 1 aromatic heterocycles. The zero-order valence-electron chi connectivity index (χ0n) is 21.3. The molecule has 0 aliphatic carbocycles. The first-order valence-electron chi connectivity index (χ1n) is 12.5. The molecule has 0 radical (unpaired) electrons. The average Bonchev–Trinajstić information content (AvgIpc) is 3.21. The summed E-state index contributed by atoms with van der Waals surface area (Å²) >= 11 is 0. The van der Waals surface area contributed by atoms with Crippen LogP contribution in [0.4, 0.5) is 17.6 Å². The van der Waals surface area contributed by atoms with Crippen molar-refractivity contribution >= 4 is 23.3 Å². The van der Waals surface area contributed by atoms with Crippen molar-refractivity contribution in [3.05, 3.63) is 65.4 Å². The molecule has 0 saturated heterocycles. The predicted octanol–water partition coefficient (Wildman–Crippen LogP) is 6.76. The lowest BCUT2D eigenvalue weighted by Gasteiger charge is -2.05. The number of aryl methyl sites for hydroxylation is 1. The summed E-state index contributed by atoms with van der Waals surface area (Å²) in [5.74, 6) is -8.13. The number of unbranched alkanes of at least 4 members (excludes halogenated alkanes) is 6. The number of hydrogen-bond donors (Lipinski definition) is 1. The van der Waals surface area contributed by atoms with Crippen molar-refractivity contribution in [3.8, 4) is 5.75 Å². The summed E-state index contributed by atoms with van der Waals surface area (Å²) < 4.78 is 55.6. The lowest BCUT2D eigenvalue weighted by Crippen LogP contribution is -2.25. The molecular weight excluding hydrogens is 488 g/mol. The molecule has 202 valence electrons. The van der Waals surface area contributed by atoms with E-state index < -0.39 is 29.0 Å². The van der Waals surface area contributed by atoms with E-state index in [-0.39, 0.29) is 18.4 Å². The first kappa shape index (κ1) is 29.9. The molecule has 0 atom stereocenters. The summed E-state index contributed by atoms with van der Waals surface area (Å²) in [5, 5.41) is 4.36. The molecule has 0 aliphatic heterocycles. The number of halogens is 4. The van der Waals surface area contributed by atoms with Crippen LogP contribution in [0.5, 0.6) is 5.75 Å². The highest BCUT2D eigenvalue weighted by Gasteiger charge is 2.19. The largest absolute Gasteiger partial charge is 0.425 e. The number of para-hydroxylation sites is 1. The lowest BCUT2D eigenvalue weighted by atomic mass is 10.1. The quantitative estimate of drug-likeness (QED) is 0.0888. The van der Waals surface area contributed by atoms with E-state index in [2.05, 4.69) is 59.1 Å². The molecule has 1 N–H and O–H groups in total. The molecule has 0 saturated carbocycles. The summed E-state index contributed by atoms with van der Waals surface area (Å²) in [5.41, 5.74) is 2.56. The third-order valence-electron chi connectivity index (χ3n) is 5.95. The van der Waals surface area contributed by atoms with Crippen molar-refractivity contribution in [3.63, 3.8) is 0 Å². The van der Waals surface area contributed by atoms with Gasteiger partial charge in [-0.1, -0.05) is 63.6 Å². The Balaban J connectivity index is 0.000000312. The Kier molecular flexibility index (Phi) is 12.7. The Hall–Kier alpha value is -3.36. The van der Waals surface area contributed by atoms with E-state index in [0.29, 0.717) is 6.42 Å². The van der Waals surface area contributed by atoms with Gasteiger partial charge in [-0.2, -0.15) is 4.39 Å². The van der Waals surface area contributed by atoms with Gasteiger partial charge in [-0.05, 0) is 24.5 Å². The zero-order chi connectivity index (χ0) is 27.2. The van der Waals surface area contributed by atoms with Crippen molar-refractivity contribution in [1.29, 1.82) is 0 Å². The number of nitrogens with zero attached hydrogens (tertiary/aromatic N) is 1. The van der Waals surface area contributed by atoms with Crippen LogP contribution in [-0.2, 0) is 23.1 Å². The number of benzene rings is 2. The molecule has 2 aromatic carbocycles. The zero-order valence-corrected chi connectivity index (χ0v) is 21.3. The van der Waals surface area contributed by atoms with Crippen molar-refractivity contribution in [2.75, 3.05) is 6.54 Å². The molecular formula is C28H34F4N2O3. The van der Waals surface area contributed by atoms with Crippen LogP contribution in [0, 0.1) is 23.3 Å². The standard InChI is InChI=1S/C21H32N2O.C7H2F4O2/c1-3-4-5-6-7-8-9-14-21(24)22-16-15-18-17-23(2)20-13-11-10-12-19(18)20;8-3-1-4(13-2-12)6(10)7(11)5(3)9/h10-13,17H,3-9,14-16H2,1-2H3,(H,22,24);1-2H. The maximum absolute atomic E-state index is 12.6. The second kappa shape index (κ2) is 15.7. The second-order valence-corrected chi connectivity index (χ2v) is 8.77. The normalized spacial score (nSPS) is 10.6. The van der Waals surface area contributed by atoms with E-state index in [0.717, 1.165) is 19.4 Å².